The number of amides is 1. The zero-order valence-electron chi connectivity index (χ0n) is 12.7. The Morgan fingerprint density at radius 3 is 2.54 bits per heavy atom. The largest absolute Gasteiger partial charge is 0.366 e. The Morgan fingerprint density at radius 1 is 1.29 bits per heavy atom. The summed E-state index contributed by atoms with van der Waals surface area (Å²) in [7, 11) is -4.49. The molecule has 1 heterocycles. The quantitative estimate of drug-likeness (QED) is 0.853. The van der Waals surface area contributed by atoms with Gasteiger partial charge in [0.2, 0.25) is 15.9 Å². The molecule has 0 aliphatic carbocycles. The van der Waals surface area contributed by atoms with Crippen LogP contribution in [-0.2, 0) is 16.6 Å². The van der Waals surface area contributed by atoms with Gasteiger partial charge in [-0.2, -0.15) is 4.31 Å². The van der Waals surface area contributed by atoms with Gasteiger partial charge in [0.15, 0.2) is 11.6 Å². The first-order chi connectivity index (χ1) is 11.3. The van der Waals surface area contributed by atoms with Gasteiger partial charge in [-0.05, 0) is 23.8 Å². The maximum atomic E-state index is 14.2. The molecular formula is C15H15F2N3O3S. The van der Waals surface area contributed by atoms with Gasteiger partial charge in [-0.15, -0.1) is 0 Å². The van der Waals surface area contributed by atoms with Crippen LogP contribution in [0.25, 0.3) is 0 Å². The number of carbonyl (C=O) groups excluding carboxylic acids is 1. The van der Waals surface area contributed by atoms with E-state index in [4.69, 9.17) is 5.73 Å². The number of benzene rings is 1. The molecule has 1 aromatic carbocycles. The number of primary amides is 1. The van der Waals surface area contributed by atoms with Crippen molar-refractivity contribution in [3.05, 3.63) is 59.4 Å². The van der Waals surface area contributed by atoms with Crippen molar-refractivity contribution >= 4 is 15.9 Å². The number of carbonyl (C=O) groups is 1. The molecule has 1 amide bonds. The number of hydrogen-bond donors (Lipinski definition) is 1. The molecule has 2 aromatic rings. The van der Waals surface area contributed by atoms with Crippen LogP contribution in [0.4, 0.5) is 8.78 Å². The average Bonchev–Trinajstić information content (AvgIpc) is 2.55. The molecule has 0 aliphatic rings. The van der Waals surface area contributed by atoms with Crippen molar-refractivity contribution in [3.63, 3.8) is 0 Å². The van der Waals surface area contributed by atoms with Crippen LogP contribution in [0, 0.1) is 11.6 Å². The predicted octanol–water partition coefficient (Wildman–Crippen LogP) is 1.67. The fraction of sp³-hybridized carbons (Fsp3) is 0.200. The minimum atomic E-state index is -4.49. The van der Waals surface area contributed by atoms with Crippen molar-refractivity contribution in [1.82, 2.24) is 9.29 Å². The third-order valence-electron chi connectivity index (χ3n) is 3.35. The smallest absolute Gasteiger partial charge is 0.250 e. The van der Waals surface area contributed by atoms with Crippen molar-refractivity contribution in [2.75, 3.05) is 6.54 Å². The molecule has 9 heteroatoms. The van der Waals surface area contributed by atoms with Gasteiger partial charge >= 0.3 is 0 Å². The molecule has 1 aromatic heterocycles. The number of rotatable bonds is 6. The Kier molecular flexibility index (Phi) is 5.25. The summed E-state index contributed by atoms with van der Waals surface area (Å²) in [6.07, 6.45) is 2.97. The van der Waals surface area contributed by atoms with Gasteiger partial charge in [-0.25, -0.2) is 17.2 Å². The van der Waals surface area contributed by atoms with Gasteiger partial charge in [-0.1, -0.05) is 13.0 Å². The topological polar surface area (TPSA) is 93.4 Å². The lowest BCUT2D eigenvalue weighted by molar-refractivity contribution is 0.0996. The molecule has 0 aliphatic heterocycles. The highest BCUT2D eigenvalue weighted by molar-refractivity contribution is 7.89. The number of halogens is 2. The maximum absolute atomic E-state index is 14.2. The molecule has 0 saturated carbocycles. The fourth-order valence-corrected chi connectivity index (χ4v) is 3.86. The van der Waals surface area contributed by atoms with Crippen molar-refractivity contribution < 1.29 is 22.0 Å². The van der Waals surface area contributed by atoms with Crippen molar-refractivity contribution in [3.8, 4) is 0 Å². The standard InChI is InChI=1S/C15H15F2N3O3S/c1-2-20(9-10-4-3-7-19-8-10)24(22,23)14-11(15(18)21)5-6-12(16)13(14)17/h3-8H,2,9H2,1H3,(H2,18,21). The highest BCUT2D eigenvalue weighted by atomic mass is 32.2. The van der Waals surface area contributed by atoms with E-state index in [0.29, 0.717) is 11.6 Å². The lowest BCUT2D eigenvalue weighted by Crippen LogP contribution is -2.33. The van der Waals surface area contributed by atoms with Crippen LogP contribution < -0.4 is 5.73 Å². The summed E-state index contributed by atoms with van der Waals surface area (Å²) < 4.78 is 54.1. The number of nitrogens with two attached hydrogens (primary N) is 1. The summed E-state index contributed by atoms with van der Waals surface area (Å²) in [4.78, 5) is 14.3. The first-order valence-electron chi connectivity index (χ1n) is 6.96. The molecule has 0 saturated heterocycles. The molecule has 0 bridgehead atoms. The minimum absolute atomic E-state index is 0.0224. The van der Waals surface area contributed by atoms with Gasteiger partial charge in [0.1, 0.15) is 4.90 Å². The molecule has 6 nitrogen and oxygen atoms in total. The van der Waals surface area contributed by atoms with Crippen LogP contribution in [0.5, 0.6) is 0 Å². The number of pyridine rings is 1. The molecule has 0 spiro atoms. The van der Waals surface area contributed by atoms with Gasteiger partial charge in [0.05, 0.1) is 5.56 Å². The molecule has 0 atom stereocenters. The third kappa shape index (κ3) is 3.41. The van der Waals surface area contributed by atoms with Crippen LogP contribution in [0.1, 0.15) is 22.8 Å². The van der Waals surface area contributed by atoms with Crippen molar-refractivity contribution in [1.29, 1.82) is 0 Å². The second kappa shape index (κ2) is 7.02. The van der Waals surface area contributed by atoms with Gasteiger partial charge < -0.3 is 5.73 Å². The molecule has 0 fully saturated rings. The van der Waals surface area contributed by atoms with Crippen LogP contribution in [0.3, 0.4) is 0 Å². The van der Waals surface area contributed by atoms with E-state index in [-0.39, 0.29) is 13.1 Å². The Labute approximate surface area is 138 Å². The molecule has 2 rings (SSSR count). The monoisotopic (exact) mass is 355 g/mol. The zero-order chi connectivity index (χ0) is 17.9. The molecule has 0 radical (unpaired) electrons. The first kappa shape index (κ1) is 18.0. The SMILES string of the molecule is CCN(Cc1cccnc1)S(=O)(=O)c1c(C(N)=O)ccc(F)c1F. The summed E-state index contributed by atoms with van der Waals surface area (Å²) in [5.41, 5.74) is 5.06. The zero-order valence-corrected chi connectivity index (χ0v) is 13.6. The van der Waals surface area contributed by atoms with Crippen LogP contribution in [-0.4, -0.2) is 30.2 Å². The van der Waals surface area contributed by atoms with E-state index in [2.05, 4.69) is 4.98 Å². The Balaban J connectivity index is 2.56. The van der Waals surface area contributed by atoms with Crippen molar-refractivity contribution in [2.45, 2.75) is 18.4 Å². The van der Waals surface area contributed by atoms with E-state index in [1.54, 1.807) is 12.1 Å². The Morgan fingerprint density at radius 2 is 2.00 bits per heavy atom. The summed E-state index contributed by atoms with van der Waals surface area (Å²) in [6, 6.07) is 4.77. The highest BCUT2D eigenvalue weighted by Crippen LogP contribution is 2.26. The number of nitrogens with zero attached hydrogens (tertiary/aromatic N) is 2. The van der Waals surface area contributed by atoms with E-state index in [1.807, 2.05) is 0 Å². The molecule has 24 heavy (non-hydrogen) atoms. The highest BCUT2D eigenvalue weighted by Gasteiger charge is 2.32. The minimum Gasteiger partial charge on any atom is -0.366 e. The van der Waals surface area contributed by atoms with E-state index in [0.717, 1.165) is 10.4 Å². The first-order valence-corrected chi connectivity index (χ1v) is 8.40. The second-order valence-electron chi connectivity index (χ2n) is 4.89. The van der Waals surface area contributed by atoms with Gasteiger partial charge in [-0.3, -0.25) is 9.78 Å². The lowest BCUT2D eigenvalue weighted by atomic mass is 10.2. The van der Waals surface area contributed by atoms with E-state index < -0.39 is 38.0 Å². The second-order valence-corrected chi connectivity index (χ2v) is 6.77. The molecule has 0 unspecified atom stereocenters. The third-order valence-corrected chi connectivity index (χ3v) is 5.33. The summed E-state index contributed by atoms with van der Waals surface area (Å²) >= 11 is 0. The van der Waals surface area contributed by atoms with Crippen LogP contribution in [0.15, 0.2) is 41.6 Å². The summed E-state index contributed by atoms with van der Waals surface area (Å²) in [5, 5.41) is 0. The van der Waals surface area contributed by atoms with E-state index >= 15 is 0 Å². The lowest BCUT2D eigenvalue weighted by Gasteiger charge is -2.22. The van der Waals surface area contributed by atoms with E-state index in [9.17, 15) is 22.0 Å². The Hall–Kier alpha value is -2.39. The van der Waals surface area contributed by atoms with Crippen LogP contribution >= 0.6 is 0 Å². The van der Waals surface area contributed by atoms with Gasteiger partial charge in [0.25, 0.3) is 0 Å². The average molecular weight is 355 g/mol. The summed E-state index contributed by atoms with van der Waals surface area (Å²) in [6.45, 7) is 1.40. The fourth-order valence-electron chi connectivity index (χ4n) is 2.17. The number of hydrogen-bond acceptors (Lipinski definition) is 4. The predicted molar refractivity (Wildman–Crippen MR) is 82.4 cm³/mol. The molecule has 128 valence electrons. The van der Waals surface area contributed by atoms with Gasteiger partial charge in [0, 0.05) is 25.5 Å². The van der Waals surface area contributed by atoms with Crippen LogP contribution in [0.2, 0.25) is 0 Å². The van der Waals surface area contributed by atoms with E-state index in [1.165, 1.54) is 19.3 Å². The summed E-state index contributed by atoms with van der Waals surface area (Å²) in [5.74, 6) is -4.17. The number of sulfonamides is 1. The Bertz CT molecular complexity index is 858. The normalized spacial score (nSPS) is 11.7. The molecule has 2 N–H and O–H groups in total. The number of aromatic nitrogens is 1. The molecular weight excluding hydrogens is 340 g/mol. The van der Waals surface area contributed by atoms with Crippen molar-refractivity contribution in [2.24, 2.45) is 5.73 Å². The maximum Gasteiger partial charge on any atom is 0.250 e.